The zero-order valence-corrected chi connectivity index (χ0v) is 16.1. The molecule has 2 N–H and O–H groups in total. The van der Waals surface area contributed by atoms with Crippen molar-refractivity contribution < 1.29 is 14.7 Å². The summed E-state index contributed by atoms with van der Waals surface area (Å²) in [6.45, 7) is 5.33. The van der Waals surface area contributed by atoms with E-state index in [4.69, 9.17) is 0 Å². The van der Waals surface area contributed by atoms with Crippen LogP contribution in [0, 0.1) is 5.41 Å². The van der Waals surface area contributed by atoms with Gasteiger partial charge in [-0.1, -0.05) is 48.8 Å². The Kier molecular flexibility index (Phi) is 5.77. The first kappa shape index (κ1) is 18.6. The number of carboxylic acids is 1. The van der Waals surface area contributed by atoms with Crippen LogP contribution in [0.25, 0.3) is 10.6 Å². The molecule has 0 radical (unpaired) electrons. The molecule has 1 heterocycles. The van der Waals surface area contributed by atoms with Gasteiger partial charge < -0.3 is 10.4 Å². The average molecular weight is 411 g/mol. The standard InChI is InChI=1S/C17H19BrN2O3S/c1-17(2,3)14(16(22)23)20-13(21)8-12-9-24-15(19-12)10-5-4-6-11(18)7-10/h4-7,9,14H,8H2,1-3H3,(H,20,21)(H,22,23). The fourth-order valence-electron chi connectivity index (χ4n) is 2.17. The molecule has 0 saturated carbocycles. The quantitative estimate of drug-likeness (QED) is 0.786. The summed E-state index contributed by atoms with van der Waals surface area (Å²) in [7, 11) is 0. The molecular formula is C17H19BrN2O3S. The van der Waals surface area contributed by atoms with Gasteiger partial charge in [-0.3, -0.25) is 4.79 Å². The first-order chi connectivity index (χ1) is 11.2. The molecule has 1 unspecified atom stereocenters. The van der Waals surface area contributed by atoms with E-state index in [0.717, 1.165) is 15.0 Å². The number of amides is 1. The predicted octanol–water partition coefficient (Wildman–Crippen LogP) is 3.73. The summed E-state index contributed by atoms with van der Waals surface area (Å²) in [6.07, 6.45) is 0.0599. The van der Waals surface area contributed by atoms with E-state index in [9.17, 15) is 14.7 Å². The molecule has 1 atom stereocenters. The van der Waals surface area contributed by atoms with E-state index in [2.05, 4.69) is 26.2 Å². The van der Waals surface area contributed by atoms with Crippen LogP contribution in [0.4, 0.5) is 0 Å². The van der Waals surface area contributed by atoms with Crippen LogP contribution in [0.15, 0.2) is 34.1 Å². The highest BCUT2D eigenvalue weighted by atomic mass is 79.9. The van der Waals surface area contributed by atoms with Crippen molar-refractivity contribution in [1.82, 2.24) is 10.3 Å². The Labute approximate surface area is 153 Å². The number of thiazole rings is 1. The average Bonchev–Trinajstić information content (AvgIpc) is 2.91. The minimum atomic E-state index is -1.04. The largest absolute Gasteiger partial charge is 0.480 e. The molecule has 1 aromatic carbocycles. The van der Waals surface area contributed by atoms with Crippen LogP contribution in [-0.4, -0.2) is 28.0 Å². The molecule has 0 aliphatic carbocycles. The number of hydrogen-bond acceptors (Lipinski definition) is 4. The number of carbonyl (C=O) groups is 2. The second-order valence-electron chi connectivity index (χ2n) is 6.54. The molecule has 7 heteroatoms. The summed E-state index contributed by atoms with van der Waals surface area (Å²) in [5.41, 5.74) is 1.04. The molecule has 0 aliphatic heterocycles. The third kappa shape index (κ3) is 4.88. The third-order valence-electron chi connectivity index (χ3n) is 3.38. The lowest BCUT2D eigenvalue weighted by atomic mass is 9.86. The maximum Gasteiger partial charge on any atom is 0.326 e. The van der Waals surface area contributed by atoms with Gasteiger partial charge in [0.2, 0.25) is 5.91 Å². The number of carboxylic acid groups (broad SMARTS) is 1. The number of nitrogens with zero attached hydrogens (tertiary/aromatic N) is 1. The molecule has 128 valence electrons. The van der Waals surface area contributed by atoms with Crippen LogP contribution in [-0.2, 0) is 16.0 Å². The van der Waals surface area contributed by atoms with Crippen molar-refractivity contribution in [3.05, 3.63) is 39.8 Å². The molecular weight excluding hydrogens is 392 g/mol. The van der Waals surface area contributed by atoms with Gasteiger partial charge in [-0.15, -0.1) is 11.3 Å². The number of aliphatic carboxylic acids is 1. The second-order valence-corrected chi connectivity index (χ2v) is 8.31. The Morgan fingerprint density at radius 3 is 2.67 bits per heavy atom. The zero-order chi connectivity index (χ0) is 17.9. The Hall–Kier alpha value is -1.73. The molecule has 0 spiro atoms. The van der Waals surface area contributed by atoms with Gasteiger partial charge >= 0.3 is 5.97 Å². The minimum Gasteiger partial charge on any atom is -0.480 e. The Morgan fingerprint density at radius 1 is 1.38 bits per heavy atom. The van der Waals surface area contributed by atoms with Crippen LogP contribution in [0.5, 0.6) is 0 Å². The lowest BCUT2D eigenvalue weighted by Crippen LogP contribution is -2.49. The van der Waals surface area contributed by atoms with E-state index >= 15 is 0 Å². The number of aromatic nitrogens is 1. The molecule has 0 bridgehead atoms. The first-order valence-corrected chi connectivity index (χ1v) is 9.06. The van der Waals surface area contributed by atoms with E-state index in [1.807, 2.05) is 29.6 Å². The maximum absolute atomic E-state index is 12.2. The molecule has 5 nitrogen and oxygen atoms in total. The molecule has 2 rings (SSSR count). The molecule has 24 heavy (non-hydrogen) atoms. The van der Waals surface area contributed by atoms with Gasteiger partial charge in [-0.05, 0) is 17.5 Å². The van der Waals surface area contributed by atoms with Crippen molar-refractivity contribution in [2.45, 2.75) is 33.2 Å². The van der Waals surface area contributed by atoms with Gasteiger partial charge in [0.15, 0.2) is 0 Å². The van der Waals surface area contributed by atoms with Gasteiger partial charge in [0.05, 0.1) is 12.1 Å². The van der Waals surface area contributed by atoms with Gasteiger partial charge in [0.1, 0.15) is 11.0 Å². The second kappa shape index (κ2) is 7.44. The van der Waals surface area contributed by atoms with Crippen molar-refractivity contribution in [3.63, 3.8) is 0 Å². The smallest absolute Gasteiger partial charge is 0.326 e. The van der Waals surface area contributed by atoms with Gasteiger partial charge in [0.25, 0.3) is 0 Å². The van der Waals surface area contributed by atoms with Crippen LogP contribution < -0.4 is 5.32 Å². The first-order valence-electron chi connectivity index (χ1n) is 7.39. The van der Waals surface area contributed by atoms with E-state index in [0.29, 0.717) is 5.69 Å². The number of carbonyl (C=O) groups excluding carboxylic acids is 1. The molecule has 0 fully saturated rings. The molecule has 1 amide bonds. The Bertz CT molecular complexity index is 752. The number of hydrogen-bond donors (Lipinski definition) is 2. The van der Waals surface area contributed by atoms with Gasteiger partial charge in [0, 0.05) is 15.4 Å². The summed E-state index contributed by atoms with van der Waals surface area (Å²) in [4.78, 5) is 27.9. The maximum atomic E-state index is 12.2. The molecule has 0 aliphatic rings. The minimum absolute atomic E-state index is 0.0599. The van der Waals surface area contributed by atoms with Crippen LogP contribution in [0.2, 0.25) is 0 Å². The zero-order valence-electron chi connectivity index (χ0n) is 13.7. The normalized spacial score (nSPS) is 12.7. The summed E-state index contributed by atoms with van der Waals surface area (Å²) in [6, 6.07) is 6.84. The molecule has 2 aromatic rings. The predicted molar refractivity (Wildman–Crippen MR) is 98.0 cm³/mol. The van der Waals surface area contributed by atoms with Crippen molar-refractivity contribution in [2.75, 3.05) is 0 Å². The van der Waals surface area contributed by atoms with E-state index in [1.165, 1.54) is 11.3 Å². The monoisotopic (exact) mass is 410 g/mol. The van der Waals surface area contributed by atoms with Gasteiger partial charge in [-0.25, -0.2) is 9.78 Å². The summed E-state index contributed by atoms with van der Waals surface area (Å²) in [5.74, 6) is -1.38. The highest BCUT2D eigenvalue weighted by Gasteiger charge is 2.32. The SMILES string of the molecule is CC(C)(C)C(NC(=O)Cc1csc(-c2cccc(Br)c2)n1)C(=O)O. The number of nitrogens with one attached hydrogen (secondary N) is 1. The lowest BCUT2D eigenvalue weighted by molar-refractivity contribution is -0.144. The van der Waals surface area contributed by atoms with E-state index < -0.39 is 17.4 Å². The van der Waals surface area contributed by atoms with Crippen LogP contribution in [0.3, 0.4) is 0 Å². The van der Waals surface area contributed by atoms with Crippen molar-refractivity contribution in [2.24, 2.45) is 5.41 Å². The van der Waals surface area contributed by atoms with Crippen molar-refractivity contribution in [3.8, 4) is 10.6 Å². The molecule has 0 saturated heterocycles. The third-order valence-corrected chi connectivity index (χ3v) is 4.82. The number of halogens is 1. The summed E-state index contributed by atoms with van der Waals surface area (Å²) in [5, 5.41) is 14.5. The van der Waals surface area contributed by atoms with E-state index in [-0.39, 0.29) is 12.3 Å². The Balaban J connectivity index is 2.06. The fourth-order valence-corrected chi connectivity index (χ4v) is 3.38. The fraction of sp³-hybridized carbons (Fsp3) is 0.353. The number of rotatable bonds is 5. The van der Waals surface area contributed by atoms with Crippen molar-refractivity contribution >= 4 is 39.1 Å². The summed E-state index contributed by atoms with van der Waals surface area (Å²) < 4.78 is 0.962. The topological polar surface area (TPSA) is 79.3 Å². The highest BCUT2D eigenvalue weighted by Crippen LogP contribution is 2.26. The van der Waals surface area contributed by atoms with Gasteiger partial charge in [-0.2, -0.15) is 0 Å². The molecule has 1 aromatic heterocycles. The van der Waals surface area contributed by atoms with Crippen molar-refractivity contribution in [1.29, 1.82) is 0 Å². The van der Waals surface area contributed by atoms with Crippen LogP contribution in [0.1, 0.15) is 26.5 Å². The number of benzene rings is 1. The Morgan fingerprint density at radius 2 is 2.08 bits per heavy atom. The van der Waals surface area contributed by atoms with Crippen LogP contribution >= 0.6 is 27.3 Å². The van der Waals surface area contributed by atoms with E-state index in [1.54, 1.807) is 20.8 Å². The highest BCUT2D eigenvalue weighted by molar-refractivity contribution is 9.10. The summed E-state index contributed by atoms with van der Waals surface area (Å²) >= 11 is 4.88. The lowest BCUT2D eigenvalue weighted by Gasteiger charge is -2.27.